The van der Waals surface area contributed by atoms with Crippen LogP contribution in [0.5, 0.6) is 0 Å². The van der Waals surface area contributed by atoms with Crippen molar-refractivity contribution in [2.75, 3.05) is 6.54 Å². The van der Waals surface area contributed by atoms with Gasteiger partial charge in [-0.25, -0.2) is 4.79 Å². The number of nitrogens with two attached hydrogens (primary N) is 2. The van der Waals surface area contributed by atoms with E-state index in [0.717, 1.165) is 5.56 Å². The number of carbonyl (C=O) groups excluding carboxylic acids is 2. The highest BCUT2D eigenvalue weighted by atomic mass is 16.6. The van der Waals surface area contributed by atoms with Gasteiger partial charge >= 0.3 is 6.09 Å². The number of carbonyl (C=O) groups is 2. The Morgan fingerprint density at radius 1 is 1.24 bits per heavy atom. The van der Waals surface area contributed by atoms with Gasteiger partial charge in [-0.15, -0.1) is 0 Å². The second-order valence-electron chi connectivity index (χ2n) is 5.84. The minimum atomic E-state index is -0.549. The van der Waals surface area contributed by atoms with Crippen LogP contribution in [0.4, 0.5) is 4.79 Å². The zero-order valence-corrected chi connectivity index (χ0v) is 12.7. The number of ether oxygens (including phenoxy) is 1. The number of benzene rings is 1. The third-order valence-electron chi connectivity index (χ3n) is 2.73. The first-order valence-electron chi connectivity index (χ1n) is 6.79. The summed E-state index contributed by atoms with van der Waals surface area (Å²) in [5, 5.41) is 2.73. The van der Waals surface area contributed by atoms with E-state index >= 15 is 0 Å². The van der Waals surface area contributed by atoms with Crippen molar-refractivity contribution in [2.45, 2.75) is 38.8 Å². The molecule has 21 heavy (non-hydrogen) atoms. The summed E-state index contributed by atoms with van der Waals surface area (Å²) in [5.74, 6) is -0.469. The van der Waals surface area contributed by atoms with E-state index < -0.39 is 17.6 Å². The molecule has 5 N–H and O–H groups in total. The first-order valence-corrected chi connectivity index (χ1v) is 6.79. The molecule has 6 heteroatoms. The van der Waals surface area contributed by atoms with E-state index in [0.29, 0.717) is 12.0 Å². The van der Waals surface area contributed by atoms with Crippen LogP contribution >= 0.6 is 0 Å². The zero-order chi connectivity index (χ0) is 16.0. The summed E-state index contributed by atoms with van der Waals surface area (Å²) in [7, 11) is 0. The maximum atomic E-state index is 11.7. The van der Waals surface area contributed by atoms with Crippen LogP contribution in [-0.4, -0.2) is 30.2 Å². The molecule has 0 unspecified atom stereocenters. The summed E-state index contributed by atoms with van der Waals surface area (Å²) in [5.41, 5.74) is 11.7. The van der Waals surface area contributed by atoms with Crippen molar-refractivity contribution in [1.29, 1.82) is 0 Å². The zero-order valence-electron chi connectivity index (χ0n) is 12.7. The molecule has 1 atom stereocenters. The molecule has 0 aliphatic rings. The minimum absolute atomic E-state index is 0.237. The predicted molar refractivity (Wildman–Crippen MR) is 80.9 cm³/mol. The average molecular weight is 293 g/mol. The molecule has 6 nitrogen and oxygen atoms in total. The first kappa shape index (κ1) is 17.0. The van der Waals surface area contributed by atoms with Crippen molar-refractivity contribution in [3.63, 3.8) is 0 Å². The molecule has 0 aliphatic heterocycles. The van der Waals surface area contributed by atoms with Crippen LogP contribution in [0, 0.1) is 0 Å². The highest BCUT2D eigenvalue weighted by Crippen LogP contribution is 2.09. The van der Waals surface area contributed by atoms with Gasteiger partial charge in [-0.05, 0) is 44.9 Å². The van der Waals surface area contributed by atoms with Gasteiger partial charge in [-0.2, -0.15) is 0 Å². The van der Waals surface area contributed by atoms with Crippen molar-refractivity contribution in [3.8, 4) is 0 Å². The molecule has 1 aromatic rings. The summed E-state index contributed by atoms with van der Waals surface area (Å²) in [6, 6.07) is 6.65. The lowest BCUT2D eigenvalue weighted by Crippen LogP contribution is -2.44. The van der Waals surface area contributed by atoms with Crippen molar-refractivity contribution >= 4 is 12.0 Å². The lowest BCUT2D eigenvalue weighted by Gasteiger charge is -2.23. The molecule has 0 saturated heterocycles. The monoisotopic (exact) mass is 293 g/mol. The topological polar surface area (TPSA) is 107 Å². The number of amides is 2. The number of alkyl carbamates (subject to hydrolysis) is 1. The molecule has 0 radical (unpaired) electrons. The fourth-order valence-electron chi connectivity index (χ4n) is 1.76. The van der Waals surface area contributed by atoms with Gasteiger partial charge in [0.1, 0.15) is 5.60 Å². The van der Waals surface area contributed by atoms with E-state index in [4.69, 9.17) is 16.2 Å². The predicted octanol–water partition coefficient (Wildman–Crippen LogP) is 1.18. The number of hydrogen-bond donors (Lipinski definition) is 3. The molecule has 0 bridgehead atoms. The molecule has 1 aromatic carbocycles. The van der Waals surface area contributed by atoms with Gasteiger partial charge in [-0.3, -0.25) is 4.79 Å². The summed E-state index contributed by atoms with van der Waals surface area (Å²) >= 11 is 0. The number of nitrogens with one attached hydrogen (secondary N) is 1. The number of rotatable bonds is 5. The quantitative estimate of drug-likeness (QED) is 0.757. The van der Waals surface area contributed by atoms with Gasteiger partial charge in [-0.1, -0.05) is 12.1 Å². The molecule has 0 fully saturated rings. The van der Waals surface area contributed by atoms with Gasteiger partial charge in [0.15, 0.2) is 0 Å². The summed E-state index contributed by atoms with van der Waals surface area (Å²) in [4.78, 5) is 22.7. The fourth-order valence-corrected chi connectivity index (χ4v) is 1.76. The Hall–Kier alpha value is -2.08. The Kier molecular flexibility index (Phi) is 5.72. The van der Waals surface area contributed by atoms with Gasteiger partial charge in [0, 0.05) is 18.2 Å². The lowest BCUT2D eigenvalue weighted by atomic mass is 10.0. The second-order valence-corrected chi connectivity index (χ2v) is 5.84. The molecular formula is C15H23N3O3. The molecule has 0 heterocycles. The summed E-state index contributed by atoms with van der Waals surface area (Å²) in [6.07, 6.45) is 0.0566. The van der Waals surface area contributed by atoms with Crippen molar-refractivity contribution in [3.05, 3.63) is 35.4 Å². The normalized spacial score (nSPS) is 12.6. The third kappa shape index (κ3) is 6.27. The van der Waals surface area contributed by atoms with Crippen LogP contribution in [0.3, 0.4) is 0 Å². The van der Waals surface area contributed by atoms with Crippen LogP contribution in [0.1, 0.15) is 36.7 Å². The summed E-state index contributed by atoms with van der Waals surface area (Å²) < 4.78 is 5.19. The highest BCUT2D eigenvalue weighted by molar-refractivity contribution is 5.92. The maximum Gasteiger partial charge on any atom is 0.407 e. The molecule has 0 saturated carbocycles. The van der Waals surface area contributed by atoms with Crippen LogP contribution in [0.25, 0.3) is 0 Å². The molecule has 2 amide bonds. The molecule has 0 aromatic heterocycles. The van der Waals surface area contributed by atoms with Crippen LogP contribution in [0.2, 0.25) is 0 Å². The van der Waals surface area contributed by atoms with Gasteiger partial charge in [0.2, 0.25) is 5.91 Å². The third-order valence-corrected chi connectivity index (χ3v) is 2.73. The van der Waals surface area contributed by atoms with E-state index in [1.807, 2.05) is 0 Å². The van der Waals surface area contributed by atoms with Gasteiger partial charge < -0.3 is 21.5 Å². The Bertz CT molecular complexity index is 492. The Morgan fingerprint density at radius 3 is 2.24 bits per heavy atom. The largest absolute Gasteiger partial charge is 0.444 e. The maximum absolute atomic E-state index is 11.7. The molecule has 116 valence electrons. The SMILES string of the molecule is CC(C)(C)OC(=O)N[C@H](CN)Cc1ccc(C(N)=O)cc1. The van der Waals surface area contributed by atoms with Crippen molar-refractivity contribution in [1.82, 2.24) is 5.32 Å². The first-order chi connectivity index (χ1) is 9.71. The highest BCUT2D eigenvalue weighted by Gasteiger charge is 2.19. The van der Waals surface area contributed by atoms with E-state index in [1.54, 1.807) is 45.0 Å². The van der Waals surface area contributed by atoms with Gasteiger partial charge in [0.25, 0.3) is 0 Å². The van der Waals surface area contributed by atoms with E-state index in [1.165, 1.54) is 0 Å². The molecule has 1 rings (SSSR count). The molecule has 0 aliphatic carbocycles. The standard InChI is InChI=1S/C15H23N3O3/c1-15(2,3)21-14(20)18-12(9-16)8-10-4-6-11(7-5-10)13(17)19/h4-7,12H,8-9,16H2,1-3H3,(H2,17,19)(H,18,20)/t12-/m0/s1. The Balaban J connectivity index is 2.61. The van der Waals surface area contributed by atoms with E-state index in [-0.39, 0.29) is 12.6 Å². The van der Waals surface area contributed by atoms with Crippen LogP contribution < -0.4 is 16.8 Å². The summed E-state index contributed by atoms with van der Waals surface area (Å²) in [6.45, 7) is 5.68. The van der Waals surface area contributed by atoms with E-state index in [2.05, 4.69) is 5.32 Å². The van der Waals surface area contributed by atoms with E-state index in [9.17, 15) is 9.59 Å². The molecular weight excluding hydrogens is 270 g/mol. The van der Waals surface area contributed by atoms with Crippen molar-refractivity contribution < 1.29 is 14.3 Å². The van der Waals surface area contributed by atoms with Crippen LogP contribution in [-0.2, 0) is 11.2 Å². The van der Waals surface area contributed by atoms with Crippen LogP contribution in [0.15, 0.2) is 24.3 Å². The lowest BCUT2D eigenvalue weighted by molar-refractivity contribution is 0.0506. The Labute approximate surface area is 124 Å². The molecule has 0 spiro atoms. The minimum Gasteiger partial charge on any atom is -0.444 e. The van der Waals surface area contributed by atoms with Crippen molar-refractivity contribution in [2.24, 2.45) is 11.5 Å². The number of primary amides is 1. The second kappa shape index (κ2) is 7.08. The smallest absolute Gasteiger partial charge is 0.407 e. The Morgan fingerprint density at radius 2 is 1.81 bits per heavy atom. The number of hydrogen-bond acceptors (Lipinski definition) is 4. The fraction of sp³-hybridized carbons (Fsp3) is 0.467. The average Bonchev–Trinajstić information content (AvgIpc) is 2.36. The van der Waals surface area contributed by atoms with Gasteiger partial charge in [0.05, 0.1) is 0 Å².